The van der Waals surface area contributed by atoms with Crippen LogP contribution in [0.25, 0.3) is 0 Å². The minimum Gasteiger partial charge on any atom is -0.330 e. The van der Waals surface area contributed by atoms with Crippen LogP contribution in [0.2, 0.25) is 0 Å². The molecule has 19 heavy (non-hydrogen) atoms. The van der Waals surface area contributed by atoms with E-state index in [-0.39, 0.29) is 11.7 Å². The van der Waals surface area contributed by atoms with E-state index in [1.807, 2.05) is 25.1 Å². The first-order valence-electron chi connectivity index (χ1n) is 6.31. The van der Waals surface area contributed by atoms with Gasteiger partial charge in [0.05, 0.1) is 0 Å². The van der Waals surface area contributed by atoms with Crippen molar-refractivity contribution in [3.63, 3.8) is 0 Å². The van der Waals surface area contributed by atoms with Crippen molar-refractivity contribution < 1.29 is 4.39 Å². The van der Waals surface area contributed by atoms with E-state index >= 15 is 0 Å². The lowest BCUT2D eigenvalue weighted by Crippen LogP contribution is -2.16. The summed E-state index contributed by atoms with van der Waals surface area (Å²) < 4.78 is 14.4. The van der Waals surface area contributed by atoms with E-state index in [0.717, 1.165) is 17.5 Å². The Morgan fingerprint density at radius 2 is 1.95 bits per heavy atom. The molecule has 0 saturated heterocycles. The summed E-state index contributed by atoms with van der Waals surface area (Å²) in [5.74, 6) is 0.0443. The number of hydrogen-bond donors (Lipinski definition) is 1. The molecule has 0 aliphatic rings. The van der Waals surface area contributed by atoms with Gasteiger partial charge < -0.3 is 5.73 Å². The van der Waals surface area contributed by atoms with Crippen molar-refractivity contribution in [3.8, 4) is 0 Å². The van der Waals surface area contributed by atoms with Gasteiger partial charge in [0.15, 0.2) is 0 Å². The molecule has 0 bridgehead atoms. The first kappa shape index (κ1) is 14.5. The van der Waals surface area contributed by atoms with Gasteiger partial charge in [0, 0.05) is 9.49 Å². The zero-order chi connectivity index (χ0) is 13.8. The van der Waals surface area contributed by atoms with Crippen molar-refractivity contribution in [1.82, 2.24) is 0 Å². The van der Waals surface area contributed by atoms with Crippen LogP contribution in [-0.2, 0) is 6.42 Å². The van der Waals surface area contributed by atoms with Gasteiger partial charge in [-0.05, 0) is 77.4 Å². The molecule has 0 radical (unpaired) electrons. The molecule has 100 valence electrons. The summed E-state index contributed by atoms with van der Waals surface area (Å²) in [5.41, 5.74) is 9.32. The molecule has 0 saturated carbocycles. The lowest BCUT2D eigenvalue weighted by Gasteiger charge is -2.18. The molecule has 0 spiro atoms. The molecule has 0 aliphatic carbocycles. The highest BCUT2D eigenvalue weighted by Crippen LogP contribution is 2.25. The topological polar surface area (TPSA) is 26.0 Å². The van der Waals surface area contributed by atoms with Crippen LogP contribution in [0.3, 0.4) is 0 Å². The fourth-order valence-electron chi connectivity index (χ4n) is 2.35. The second-order valence-electron chi connectivity index (χ2n) is 4.73. The summed E-state index contributed by atoms with van der Waals surface area (Å²) in [4.78, 5) is 0. The van der Waals surface area contributed by atoms with Crippen LogP contribution < -0.4 is 5.73 Å². The number of nitrogens with two attached hydrogens (primary N) is 1. The van der Waals surface area contributed by atoms with Crippen LogP contribution >= 0.6 is 22.6 Å². The average molecular weight is 369 g/mol. The van der Waals surface area contributed by atoms with Gasteiger partial charge in [-0.15, -0.1) is 0 Å². The van der Waals surface area contributed by atoms with Crippen molar-refractivity contribution in [3.05, 3.63) is 68.5 Å². The van der Waals surface area contributed by atoms with E-state index in [2.05, 4.69) is 34.7 Å². The first-order chi connectivity index (χ1) is 9.11. The maximum atomic E-state index is 13.2. The Balaban J connectivity index is 2.28. The quantitative estimate of drug-likeness (QED) is 0.810. The van der Waals surface area contributed by atoms with Crippen LogP contribution in [0.4, 0.5) is 4.39 Å². The largest absolute Gasteiger partial charge is 0.330 e. The van der Waals surface area contributed by atoms with Gasteiger partial charge >= 0.3 is 0 Å². The summed E-state index contributed by atoms with van der Waals surface area (Å²) in [6, 6.07) is 13.3. The van der Waals surface area contributed by atoms with Gasteiger partial charge in [-0.25, -0.2) is 4.39 Å². The van der Waals surface area contributed by atoms with E-state index in [9.17, 15) is 4.39 Å². The minimum absolute atomic E-state index is 0.189. The third kappa shape index (κ3) is 3.54. The molecule has 1 atom stereocenters. The Morgan fingerprint density at radius 3 is 2.58 bits per heavy atom. The van der Waals surface area contributed by atoms with Crippen LogP contribution in [0.1, 0.15) is 22.6 Å². The molecule has 3 heteroatoms. The Kier molecular flexibility index (Phi) is 4.93. The highest BCUT2D eigenvalue weighted by Gasteiger charge is 2.14. The second kappa shape index (κ2) is 6.48. The third-order valence-electron chi connectivity index (χ3n) is 3.38. The number of benzene rings is 2. The van der Waals surface area contributed by atoms with Crippen LogP contribution in [-0.4, -0.2) is 6.54 Å². The number of halogens is 2. The maximum Gasteiger partial charge on any atom is 0.123 e. The van der Waals surface area contributed by atoms with Gasteiger partial charge in [0.1, 0.15) is 5.82 Å². The van der Waals surface area contributed by atoms with Gasteiger partial charge in [-0.3, -0.25) is 0 Å². The molecule has 0 fully saturated rings. The smallest absolute Gasteiger partial charge is 0.123 e. The normalized spacial score (nSPS) is 12.4. The van der Waals surface area contributed by atoms with Crippen LogP contribution in [0.5, 0.6) is 0 Å². The molecule has 0 amide bonds. The molecule has 0 aromatic heterocycles. The van der Waals surface area contributed by atoms with Crippen molar-refractivity contribution in [1.29, 1.82) is 0 Å². The summed E-state index contributed by atoms with van der Waals surface area (Å²) in [7, 11) is 0. The minimum atomic E-state index is -0.189. The molecule has 2 N–H and O–H groups in total. The Bertz CT molecular complexity index is 568. The fraction of sp³-hybridized carbons (Fsp3) is 0.250. The predicted molar refractivity (Wildman–Crippen MR) is 85.8 cm³/mol. The third-order valence-corrected chi connectivity index (χ3v) is 4.43. The number of hydrogen-bond acceptors (Lipinski definition) is 1. The van der Waals surface area contributed by atoms with E-state index < -0.39 is 0 Å². The van der Waals surface area contributed by atoms with Gasteiger partial charge in [0.2, 0.25) is 0 Å². The number of rotatable bonds is 4. The van der Waals surface area contributed by atoms with E-state index in [1.54, 1.807) is 6.07 Å². The van der Waals surface area contributed by atoms with Crippen molar-refractivity contribution in [2.24, 2.45) is 5.73 Å². The Labute approximate surface area is 127 Å². The Morgan fingerprint density at radius 1 is 1.21 bits per heavy atom. The summed E-state index contributed by atoms with van der Waals surface area (Å²) in [6.45, 7) is 2.51. The maximum absolute atomic E-state index is 13.2. The highest BCUT2D eigenvalue weighted by molar-refractivity contribution is 14.1. The van der Waals surface area contributed by atoms with Crippen molar-refractivity contribution in [2.75, 3.05) is 6.54 Å². The average Bonchev–Trinajstić information content (AvgIpc) is 2.39. The van der Waals surface area contributed by atoms with Gasteiger partial charge in [0.25, 0.3) is 0 Å². The summed E-state index contributed by atoms with van der Waals surface area (Å²) in [6.07, 6.45) is 0.891. The SMILES string of the molecule is Cc1cc(F)ccc1[C@H](CN)Cc1ccccc1I. The lowest BCUT2D eigenvalue weighted by atomic mass is 9.89. The van der Waals surface area contributed by atoms with E-state index in [4.69, 9.17) is 5.73 Å². The predicted octanol–water partition coefficient (Wildman–Crippen LogP) is 4.02. The monoisotopic (exact) mass is 369 g/mol. The molecule has 2 aromatic rings. The molecular weight excluding hydrogens is 352 g/mol. The molecule has 2 rings (SSSR count). The highest BCUT2D eigenvalue weighted by atomic mass is 127. The van der Waals surface area contributed by atoms with Crippen LogP contribution in [0.15, 0.2) is 42.5 Å². The number of aryl methyl sites for hydroxylation is 1. The summed E-state index contributed by atoms with van der Waals surface area (Å²) >= 11 is 2.34. The summed E-state index contributed by atoms with van der Waals surface area (Å²) in [5, 5.41) is 0. The zero-order valence-electron chi connectivity index (χ0n) is 10.9. The van der Waals surface area contributed by atoms with Crippen LogP contribution in [0, 0.1) is 16.3 Å². The second-order valence-corrected chi connectivity index (χ2v) is 5.89. The molecule has 2 aromatic carbocycles. The molecule has 0 aliphatic heterocycles. The van der Waals surface area contributed by atoms with Crippen molar-refractivity contribution in [2.45, 2.75) is 19.3 Å². The van der Waals surface area contributed by atoms with E-state index in [1.165, 1.54) is 15.2 Å². The zero-order valence-corrected chi connectivity index (χ0v) is 13.0. The first-order valence-corrected chi connectivity index (χ1v) is 7.39. The van der Waals surface area contributed by atoms with Crippen molar-refractivity contribution >= 4 is 22.6 Å². The van der Waals surface area contributed by atoms with E-state index in [0.29, 0.717) is 6.54 Å². The fourth-order valence-corrected chi connectivity index (χ4v) is 2.95. The van der Waals surface area contributed by atoms with Gasteiger partial charge in [-0.1, -0.05) is 24.3 Å². The lowest BCUT2D eigenvalue weighted by molar-refractivity contribution is 0.621. The molecule has 1 nitrogen and oxygen atoms in total. The standard InChI is InChI=1S/C16H17FIN/c1-11-8-14(17)6-7-15(11)13(10-19)9-12-4-2-3-5-16(12)18/h2-8,13H,9-10,19H2,1H3/t13-/m0/s1. The molecule has 0 unspecified atom stereocenters. The van der Waals surface area contributed by atoms with Gasteiger partial charge in [-0.2, -0.15) is 0 Å². The molecular formula is C16H17FIN. The molecule has 0 heterocycles. The Hall–Kier alpha value is -0.940.